The third-order valence-electron chi connectivity index (χ3n) is 5.26. The number of carbonyl (C=O) groups is 1. The molecule has 0 unspecified atom stereocenters. The molecule has 3 aromatic rings. The van der Waals surface area contributed by atoms with Gasteiger partial charge in [-0.15, -0.1) is 0 Å². The molecule has 0 aliphatic heterocycles. The van der Waals surface area contributed by atoms with Crippen LogP contribution in [0.3, 0.4) is 0 Å². The lowest BCUT2D eigenvalue weighted by Gasteiger charge is -2.20. The number of nitrogens with zero attached hydrogens (tertiary/aromatic N) is 2. The number of anilines is 1. The van der Waals surface area contributed by atoms with Crippen molar-refractivity contribution < 1.29 is 14.3 Å². The molecule has 1 N–H and O–H groups in total. The molecule has 1 aliphatic rings. The molecule has 1 fully saturated rings. The maximum absolute atomic E-state index is 12.6. The van der Waals surface area contributed by atoms with Crippen molar-refractivity contribution in [2.75, 3.05) is 19.5 Å². The van der Waals surface area contributed by atoms with Crippen LogP contribution in [-0.2, 0) is 4.79 Å². The molecule has 1 amide bonds. The highest BCUT2D eigenvalue weighted by molar-refractivity contribution is 7.13. The number of nitrogens with one attached hydrogen (secondary N) is 1. The number of ether oxygens (including phenoxy) is 2. The number of amides is 1. The molecule has 0 saturated heterocycles. The van der Waals surface area contributed by atoms with Gasteiger partial charge in [0.2, 0.25) is 5.91 Å². The molecular formula is C21H23N3O3S. The summed E-state index contributed by atoms with van der Waals surface area (Å²) in [4.78, 5) is 18.0. The van der Waals surface area contributed by atoms with Gasteiger partial charge in [0.1, 0.15) is 16.3 Å². The fourth-order valence-corrected chi connectivity index (χ4v) is 4.37. The van der Waals surface area contributed by atoms with Gasteiger partial charge in [0.05, 0.1) is 19.6 Å². The number of pyridine rings is 1. The van der Waals surface area contributed by atoms with E-state index in [0.717, 1.165) is 58.5 Å². The Balaban J connectivity index is 1.67. The first-order chi connectivity index (χ1) is 13.7. The zero-order chi connectivity index (χ0) is 19.5. The first kappa shape index (κ1) is 18.7. The number of hydrogen-bond donors (Lipinski definition) is 1. The van der Waals surface area contributed by atoms with E-state index in [9.17, 15) is 4.79 Å². The second-order valence-electron chi connectivity index (χ2n) is 7.00. The average molecular weight is 398 g/mol. The molecule has 2 heterocycles. The Bertz CT molecular complexity index is 996. The molecule has 0 bridgehead atoms. The maximum atomic E-state index is 12.6. The van der Waals surface area contributed by atoms with E-state index in [1.165, 1.54) is 18.0 Å². The van der Waals surface area contributed by atoms with Gasteiger partial charge in [-0.05, 0) is 48.6 Å². The summed E-state index contributed by atoms with van der Waals surface area (Å²) >= 11 is 1.29. The maximum Gasteiger partial charge on any atom is 0.228 e. The molecule has 1 saturated carbocycles. The topological polar surface area (TPSA) is 73.3 Å². The van der Waals surface area contributed by atoms with Gasteiger partial charge in [0.15, 0.2) is 5.82 Å². The number of aromatic nitrogens is 2. The van der Waals surface area contributed by atoms with E-state index in [4.69, 9.17) is 9.47 Å². The number of carbonyl (C=O) groups excluding carboxylic acids is 1. The molecule has 28 heavy (non-hydrogen) atoms. The molecule has 4 rings (SSSR count). The van der Waals surface area contributed by atoms with Crippen molar-refractivity contribution in [1.82, 2.24) is 9.36 Å². The van der Waals surface area contributed by atoms with E-state index in [1.54, 1.807) is 20.4 Å². The highest BCUT2D eigenvalue weighted by atomic mass is 32.1. The Hall–Kier alpha value is -2.67. The third kappa shape index (κ3) is 3.67. The lowest BCUT2D eigenvalue weighted by atomic mass is 9.89. The fraction of sp³-hybridized carbons (Fsp3) is 0.381. The van der Waals surface area contributed by atoms with Crippen LogP contribution in [0.2, 0.25) is 0 Å². The minimum atomic E-state index is 0.0660. The fourth-order valence-electron chi connectivity index (χ4n) is 3.69. The molecule has 2 aromatic heterocycles. The first-order valence-corrected chi connectivity index (χ1v) is 10.3. The normalized spacial score (nSPS) is 14.8. The van der Waals surface area contributed by atoms with Crippen molar-refractivity contribution in [3.8, 4) is 22.6 Å². The quantitative estimate of drug-likeness (QED) is 0.663. The van der Waals surface area contributed by atoms with Gasteiger partial charge in [0.25, 0.3) is 0 Å². The summed E-state index contributed by atoms with van der Waals surface area (Å²) in [5.41, 5.74) is 1.77. The Labute approximate surface area is 168 Å². The summed E-state index contributed by atoms with van der Waals surface area (Å²) < 4.78 is 15.3. The largest absolute Gasteiger partial charge is 0.497 e. The van der Waals surface area contributed by atoms with Gasteiger partial charge < -0.3 is 14.8 Å². The predicted molar refractivity (Wildman–Crippen MR) is 111 cm³/mol. The third-order valence-corrected chi connectivity index (χ3v) is 6.04. The number of methoxy groups -OCH3 is 2. The smallest absolute Gasteiger partial charge is 0.228 e. The molecule has 146 valence electrons. The van der Waals surface area contributed by atoms with Gasteiger partial charge in [-0.1, -0.05) is 19.3 Å². The van der Waals surface area contributed by atoms with E-state index in [0.29, 0.717) is 5.82 Å². The van der Waals surface area contributed by atoms with Crippen molar-refractivity contribution >= 4 is 33.5 Å². The molecule has 0 atom stereocenters. The standard InChI is InChI=1S/C21H23N3O3S/c1-26-15-8-9-18(27-2)16(11-15)14-10-17-19(24-28-21(17)22-12-14)23-20(25)13-6-4-3-5-7-13/h8-13H,3-7H2,1-2H3,(H,23,24,25). The molecule has 0 spiro atoms. The van der Waals surface area contributed by atoms with E-state index >= 15 is 0 Å². The van der Waals surface area contributed by atoms with Crippen LogP contribution in [0.1, 0.15) is 32.1 Å². The summed E-state index contributed by atoms with van der Waals surface area (Å²) in [7, 11) is 3.27. The van der Waals surface area contributed by atoms with Crippen LogP contribution < -0.4 is 14.8 Å². The van der Waals surface area contributed by atoms with Gasteiger partial charge in [-0.3, -0.25) is 4.79 Å². The molecule has 6 nitrogen and oxygen atoms in total. The predicted octanol–water partition coefficient (Wildman–Crippen LogP) is 4.89. The van der Waals surface area contributed by atoms with Crippen LogP contribution in [0.25, 0.3) is 21.3 Å². The Morgan fingerprint density at radius 1 is 1.14 bits per heavy atom. The summed E-state index contributed by atoms with van der Waals surface area (Å²) in [5, 5.41) is 3.87. The van der Waals surface area contributed by atoms with E-state index in [1.807, 2.05) is 24.3 Å². The zero-order valence-electron chi connectivity index (χ0n) is 16.0. The first-order valence-electron chi connectivity index (χ1n) is 9.48. The second kappa shape index (κ2) is 8.14. The Kier molecular flexibility index (Phi) is 5.43. The van der Waals surface area contributed by atoms with Crippen LogP contribution in [0.5, 0.6) is 11.5 Å². The second-order valence-corrected chi connectivity index (χ2v) is 7.75. The summed E-state index contributed by atoms with van der Waals surface area (Å²) in [6.45, 7) is 0. The van der Waals surface area contributed by atoms with Crippen molar-refractivity contribution in [1.29, 1.82) is 0 Å². The number of rotatable bonds is 5. The number of benzene rings is 1. The zero-order valence-corrected chi connectivity index (χ0v) is 16.8. The van der Waals surface area contributed by atoms with Gasteiger partial charge in [-0.2, -0.15) is 4.37 Å². The minimum Gasteiger partial charge on any atom is -0.497 e. The molecule has 1 aliphatic carbocycles. The summed E-state index contributed by atoms with van der Waals surface area (Å²) in [5.74, 6) is 2.21. The minimum absolute atomic E-state index is 0.0660. The average Bonchev–Trinajstić information content (AvgIpc) is 3.15. The van der Waals surface area contributed by atoms with E-state index in [-0.39, 0.29) is 11.8 Å². The van der Waals surface area contributed by atoms with Crippen LogP contribution in [0.15, 0.2) is 30.5 Å². The van der Waals surface area contributed by atoms with Gasteiger partial charge in [-0.25, -0.2) is 4.98 Å². The Morgan fingerprint density at radius 3 is 2.71 bits per heavy atom. The summed E-state index contributed by atoms with van der Waals surface area (Å²) in [6, 6.07) is 7.65. The van der Waals surface area contributed by atoms with Gasteiger partial charge in [0, 0.05) is 23.2 Å². The number of fused-ring (bicyclic) bond motifs is 1. The molecule has 0 radical (unpaired) electrons. The lowest BCUT2D eigenvalue weighted by Crippen LogP contribution is -2.24. The van der Waals surface area contributed by atoms with Crippen molar-refractivity contribution in [2.45, 2.75) is 32.1 Å². The molecule has 7 heteroatoms. The van der Waals surface area contributed by atoms with Crippen molar-refractivity contribution in [2.24, 2.45) is 5.92 Å². The lowest BCUT2D eigenvalue weighted by molar-refractivity contribution is -0.120. The number of hydrogen-bond acceptors (Lipinski definition) is 6. The highest BCUT2D eigenvalue weighted by Gasteiger charge is 2.23. The molecular weight excluding hydrogens is 374 g/mol. The van der Waals surface area contributed by atoms with Crippen LogP contribution >= 0.6 is 11.5 Å². The van der Waals surface area contributed by atoms with Crippen LogP contribution in [0.4, 0.5) is 5.82 Å². The van der Waals surface area contributed by atoms with Crippen LogP contribution in [-0.4, -0.2) is 29.5 Å². The van der Waals surface area contributed by atoms with Crippen molar-refractivity contribution in [3.05, 3.63) is 30.5 Å². The monoisotopic (exact) mass is 397 g/mol. The van der Waals surface area contributed by atoms with Crippen molar-refractivity contribution in [3.63, 3.8) is 0 Å². The van der Waals surface area contributed by atoms with E-state index in [2.05, 4.69) is 14.7 Å². The summed E-state index contributed by atoms with van der Waals surface area (Å²) in [6.07, 6.45) is 7.18. The molecule has 1 aromatic carbocycles. The van der Waals surface area contributed by atoms with Crippen LogP contribution in [0, 0.1) is 5.92 Å². The highest BCUT2D eigenvalue weighted by Crippen LogP contribution is 2.36. The SMILES string of the molecule is COc1ccc(OC)c(-c2cnc3snc(NC(=O)C4CCCCC4)c3c2)c1. The Morgan fingerprint density at radius 2 is 1.96 bits per heavy atom. The van der Waals surface area contributed by atoms with Gasteiger partial charge >= 0.3 is 0 Å². The van der Waals surface area contributed by atoms with E-state index < -0.39 is 0 Å².